The van der Waals surface area contributed by atoms with Gasteiger partial charge in [-0.1, -0.05) is 11.6 Å². The van der Waals surface area contributed by atoms with Gasteiger partial charge in [-0.15, -0.1) is 0 Å². The molecule has 98 valence electrons. The van der Waals surface area contributed by atoms with Gasteiger partial charge in [0.15, 0.2) is 5.69 Å². The molecule has 2 aromatic rings. The highest BCUT2D eigenvalue weighted by molar-refractivity contribution is 9.11. The van der Waals surface area contributed by atoms with Crippen LogP contribution >= 0.6 is 43.5 Å². The highest BCUT2D eigenvalue weighted by Gasteiger charge is 2.21. The van der Waals surface area contributed by atoms with Crippen molar-refractivity contribution in [2.24, 2.45) is 0 Å². The average Bonchev–Trinajstić information content (AvgIpc) is 2.56. The minimum absolute atomic E-state index is 0.728. The monoisotopic (exact) mass is 401 g/mol. The molecule has 0 fully saturated rings. The Kier molecular flexibility index (Phi) is 3.69. The minimum atomic E-state index is 0.728. The second-order valence-corrected chi connectivity index (χ2v) is 6.84. The van der Waals surface area contributed by atoms with Crippen LogP contribution in [0.2, 0.25) is 5.02 Å². The summed E-state index contributed by atoms with van der Waals surface area (Å²) < 4.78 is 2.06. The largest absolute Gasteiger partial charge is 0.323 e. The summed E-state index contributed by atoms with van der Waals surface area (Å²) in [5, 5.41) is 0.728. The van der Waals surface area contributed by atoms with Crippen molar-refractivity contribution in [3.05, 3.63) is 54.7 Å². The Morgan fingerprint density at radius 1 is 1.16 bits per heavy atom. The van der Waals surface area contributed by atoms with Crippen LogP contribution in [-0.4, -0.2) is 4.98 Å². The van der Waals surface area contributed by atoms with Gasteiger partial charge in [-0.05, 0) is 73.5 Å². The second-order valence-electron chi connectivity index (χ2n) is 4.72. The summed E-state index contributed by atoms with van der Waals surface area (Å²) in [7, 11) is 0. The number of fused-ring (bicyclic) bond motifs is 2. The zero-order chi connectivity index (χ0) is 13.6. The molecule has 0 atom stereocenters. The second kappa shape index (κ2) is 5.17. The van der Waals surface area contributed by atoms with E-state index in [2.05, 4.69) is 48.6 Å². The molecule has 0 saturated carbocycles. The van der Waals surface area contributed by atoms with Crippen molar-refractivity contribution in [3.8, 4) is 0 Å². The Hall–Kier alpha value is -0.420. The van der Waals surface area contributed by atoms with Gasteiger partial charge < -0.3 is 5.73 Å². The average molecular weight is 404 g/mol. The van der Waals surface area contributed by atoms with Gasteiger partial charge in [0.05, 0.1) is 4.47 Å². The van der Waals surface area contributed by atoms with Crippen LogP contribution in [0.25, 0.3) is 0 Å². The number of aromatic nitrogens is 1. The molecule has 0 amide bonds. The van der Waals surface area contributed by atoms with Gasteiger partial charge in [-0.2, -0.15) is 0 Å². The normalized spacial score (nSPS) is 13.7. The Bertz CT molecular complexity index is 671. The fourth-order valence-corrected chi connectivity index (χ4v) is 3.82. The summed E-state index contributed by atoms with van der Waals surface area (Å²) in [5.74, 6) is 0. The summed E-state index contributed by atoms with van der Waals surface area (Å²) in [6.07, 6.45) is 4.67. The van der Waals surface area contributed by atoms with E-state index in [9.17, 15) is 0 Å². The molecule has 0 spiro atoms. The first-order chi connectivity index (χ1) is 9.06. The topological polar surface area (TPSA) is 40.5 Å². The van der Waals surface area contributed by atoms with E-state index < -0.39 is 0 Å². The predicted molar refractivity (Wildman–Crippen MR) is 83.9 cm³/mol. The van der Waals surface area contributed by atoms with Crippen molar-refractivity contribution in [3.63, 3.8) is 0 Å². The maximum Gasteiger partial charge on any atom is 0.161 e. The molecule has 1 heterocycles. The Morgan fingerprint density at radius 2 is 1.89 bits per heavy atom. The summed E-state index contributed by atoms with van der Waals surface area (Å²) in [5.41, 5.74) is 9.89. The molecular formula is C14H12Br2ClN2+. The van der Waals surface area contributed by atoms with Crippen LogP contribution < -0.4 is 5.73 Å². The number of quaternary nitrogens is 1. The molecule has 1 aliphatic carbocycles. The number of hydrogen-bond acceptors (Lipinski definition) is 1. The van der Waals surface area contributed by atoms with Crippen molar-refractivity contribution in [2.75, 3.05) is 0 Å². The van der Waals surface area contributed by atoms with Crippen LogP contribution in [0.5, 0.6) is 0 Å². The number of nitrogens with zero attached hydrogens (tertiary/aromatic N) is 1. The van der Waals surface area contributed by atoms with E-state index in [4.69, 9.17) is 11.6 Å². The van der Waals surface area contributed by atoms with Gasteiger partial charge in [0, 0.05) is 22.8 Å². The van der Waals surface area contributed by atoms with Gasteiger partial charge in [0.25, 0.3) is 0 Å². The number of aryl methyl sites for hydroxylation is 2. The van der Waals surface area contributed by atoms with Crippen LogP contribution in [0.4, 0.5) is 5.69 Å². The van der Waals surface area contributed by atoms with Gasteiger partial charge >= 0.3 is 0 Å². The van der Waals surface area contributed by atoms with E-state index in [0.29, 0.717) is 0 Å². The van der Waals surface area contributed by atoms with E-state index >= 15 is 0 Å². The van der Waals surface area contributed by atoms with Gasteiger partial charge in [0.2, 0.25) is 0 Å². The number of hydrogen-bond donors (Lipinski definition) is 1. The predicted octanol–water partition coefficient (Wildman–Crippen LogP) is 3.82. The molecule has 0 aliphatic heterocycles. The maximum atomic E-state index is 6.23. The third-order valence-electron chi connectivity index (χ3n) is 3.54. The Morgan fingerprint density at radius 3 is 2.68 bits per heavy atom. The summed E-state index contributed by atoms with van der Waals surface area (Å²) in [4.78, 5) is 4.55. The highest BCUT2D eigenvalue weighted by atomic mass is 79.9. The van der Waals surface area contributed by atoms with E-state index in [0.717, 1.165) is 44.6 Å². The van der Waals surface area contributed by atoms with Crippen LogP contribution in [0, 0.1) is 0 Å². The molecule has 0 radical (unpaired) electrons. The third kappa shape index (κ3) is 2.47. The molecule has 19 heavy (non-hydrogen) atoms. The van der Waals surface area contributed by atoms with Crippen molar-refractivity contribution in [1.82, 2.24) is 4.98 Å². The molecule has 0 saturated heterocycles. The van der Waals surface area contributed by atoms with Crippen molar-refractivity contribution >= 4 is 49.1 Å². The third-order valence-corrected chi connectivity index (χ3v) is 5.27. The zero-order valence-electron chi connectivity index (χ0n) is 10.1. The molecule has 2 nitrogen and oxygen atoms in total. The Balaban J connectivity index is 2.15. The number of rotatable bonds is 0. The van der Waals surface area contributed by atoms with Crippen molar-refractivity contribution in [1.29, 1.82) is 0 Å². The Labute approximate surface area is 133 Å². The number of halogens is 3. The molecule has 3 N–H and O–H groups in total. The summed E-state index contributed by atoms with van der Waals surface area (Å²) >= 11 is 13.3. The quantitative estimate of drug-likeness (QED) is 0.714. The van der Waals surface area contributed by atoms with Gasteiger partial charge in [-0.3, -0.25) is 4.98 Å². The lowest BCUT2D eigenvalue weighted by atomic mass is 10.0. The highest BCUT2D eigenvalue weighted by Crippen LogP contribution is 2.36. The first kappa shape index (κ1) is 13.6. The molecule has 0 unspecified atom stereocenters. The van der Waals surface area contributed by atoms with E-state index in [-0.39, 0.29) is 0 Å². The molecule has 1 aromatic heterocycles. The minimum Gasteiger partial charge on any atom is -0.323 e. The SMILES string of the molecule is [NH3+]c1c(Cl)cc2c(c1Br)Cc1ncc(Br)cc1CC2. The van der Waals surface area contributed by atoms with Gasteiger partial charge in [-0.25, -0.2) is 0 Å². The summed E-state index contributed by atoms with van der Waals surface area (Å²) in [6, 6.07) is 4.21. The van der Waals surface area contributed by atoms with Crippen LogP contribution in [0.15, 0.2) is 27.3 Å². The first-order valence-corrected chi connectivity index (χ1v) is 7.97. The lowest BCUT2D eigenvalue weighted by molar-refractivity contribution is -0.255. The maximum absolute atomic E-state index is 6.23. The van der Waals surface area contributed by atoms with E-state index in [1.165, 1.54) is 16.7 Å². The zero-order valence-corrected chi connectivity index (χ0v) is 14.1. The van der Waals surface area contributed by atoms with E-state index in [1.54, 1.807) is 0 Å². The lowest BCUT2D eigenvalue weighted by Gasteiger charge is -2.10. The first-order valence-electron chi connectivity index (χ1n) is 6.01. The molecule has 3 rings (SSSR count). The fraction of sp³-hybridized carbons (Fsp3) is 0.214. The molecule has 0 bridgehead atoms. The van der Waals surface area contributed by atoms with Crippen LogP contribution in [0.1, 0.15) is 22.4 Å². The molecular weight excluding hydrogens is 391 g/mol. The molecule has 1 aromatic carbocycles. The smallest absolute Gasteiger partial charge is 0.161 e. The van der Waals surface area contributed by atoms with Gasteiger partial charge in [0.1, 0.15) is 5.02 Å². The van der Waals surface area contributed by atoms with Crippen molar-refractivity contribution < 1.29 is 5.73 Å². The fourth-order valence-electron chi connectivity index (χ4n) is 2.49. The number of benzene rings is 1. The molecule has 5 heteroatoms. The lowest BCUT2D eigenvalue weighted by Crippen LogP contribution is -2.41. The van der Waals surface area contributed by atoms with Crippen molar-refractivity contribution in [2.45, 2.75) is 19.3 Å². The van der Waals surface area contributed by atoms with E-state index in [1.807, 2.05) is 12.3 Å². The standard InChI is InChI=1S/C14H11Br2ClN2/c15-9-3-8-2-1-7-4-11(17)14(18)13(16)10(7)5-12(8)19-6-9/h3-4,6H,1-2,5,18H2/p+1. The van der Waals surface area contributed by atoms with Crippen LogP contribution in [0.3, 0.4) is 0 Å². The number of pyridine rings is 1. The molecule has 1 aliphatic rings. The van der Waals surface area contributed by atoms with Crippen LogP contribution in [-0.2, 0) is 19.3 Å². The summed E-state index contributed by atoms with van der Waals surface area (Å²) in [6.45, 7) is 0.